The van der Waals surface area contributed by atoms with Gasteiger partial charge in [0, 0.05) is 24.4 Å². The van der Waals surface area contributed by atoms with Gasteiger partial charge in [-0.1, -0.05) is 6.07 Å². The molecule has 0 bridgehead atoms. The van der Waals surface area contributed by atoms with Crippen LogP contribution in [0, 0.1) is 0 Å². The quantitative estimate of drug-likeness (QED) is 0.619. The smallest absolute Gasteiger partial charge is 0.0303 e. The van der Waals surface area contributed by atoms with Crippen molar-refractivity contribution < 1.29 is 0 Å². The molecule has 10 heavy (non-hydrogen) atoms. The van der Waals surface area contributed by atoms with Crippen molar-refractivity contribution in [1.82, 2.24) is 4.98 Å². The summed E-state index contributed by atoms with van der Waals surface area (Å²) in [5.74, 6) is 0.591. The van der Waals surface area contributed by atoms with Crippen molar-refractivity contribution in [3.8, 4) is 0 Å². The number of pyridine rings is 1. The third-order valence-corrected chi connectivity index (χ3v) is 1.95. The van der Waals surface area contributed by atoms with Gasteiger partial charge in [0.05, 0.1) is 0 Å². The highest BCUT2D eigenvalue weighted by Crippen LogP contribution is 2.38. The van der Waals surface area contributed by atoms with Gasteiger partial charge in [0.15, 0.2) is 0 Å². The van der Waals surface area contributed by atoms with E-state index in [9.17, 15) is 0 Å². The topological polar surface area (TPSA) is 38.9 Å². The molecule has 1 aliphatic rings. The minimum absolute atomic E-state index is 0.393. The lowest BCUT2D eigenvalue weighted by molar-refractivity contribution is 0.981. The number of aromatic nitrogens is 1. The van der Waals surface area contributed by atoms with Gasteiger partial charge >= 0.3 is 0 Å². The van der Waals surface area contributed by atoms with Crippen molar-refractivity contribution in [1.29, 1.82) is 0 Å². The van der Waals surface area contributed by atoms with E-state index in [0.717, 1.165) is 6.42 Å². The summed E-state index contributed by atoms with van der Waals surface area (Å²) >= 11 is 0. The summed E-state index contributed by atoms with van der Waals surface area (Å²) in [5.41, 5.74) is 6.96. The van der Waals surface area contributed by atoms with E-state index in [4.69, 9.17) is 5.73 Å². The fourth-order valence-electron chi connectivity index (χ4n) is 1.19. The van der Waals surface area contributed by atoms with Gasteiger partial charge in [-0.05, 0) is 18.1 Å². The molecule has 1 aliphatic carbocycles. The Bertz CT molecular complexity index is 220. The van der Waals surface area contributed by atoms with Gasteiger partial charge in [-0.15, -0.1) is 0 Å². The molecule has 52 valence electrons. The van der Waals surface area contributed by atoms with Crippen LogP contribution in [0.3, 0.4) is 0 Å². The molecule has 2 nitrogen and oxygen atoms in total. The highest BCUT2D eigenvalue weighted by molar-refractivity contribution is 5.23. The van der Waals surface area contributed by atoms with E-state index >= 15 is 0 Å². The first-order valence-electron chi connectivity index (χ1n) is 3.53. The summed E-state index contributed by atoms with van der Waals surface area (Å²) in [6.07, 6.45) is 4.82. The van der Waals surface area contributed by atoms with Crippen LogP contribution in [0.2, 0.25) is 0 Å². The molecule has 0 amide bonds. The predicted octanol–water partition coefficient (Wildman–Crippen LogP) is 0.896. The first kappa shape index (κ1) is 5.86. The second-order valence-corrected chi connectivity index (χ2v) is 2.79. The maximum absolute atomic E-state index is 5.67. The van der Waals surface area contributed by atoms with E-state index in [2.05, 4.69) is 11.1 Å². The molecule has 1 aromatic heterocycles. The number of nitrogens with two attached hydrogens (primary N) is 1. The SMILES string of the molecule is N[C@@H]1C[C@H]1c1cccnc1. The summed E-state index contributed by atoms with van der Waals surface area (Å²) < 4.78 is 0. The Balaban J connectivity index is 2.20. The second-order valence-electron chi connectivity index (χ2n) is 2.79. The van der Waals surface area contributed by atoms with Crippen molar-refractivity contribution in [2.45, 2.75) is 18.4 Å². The van der Waals surface area contributed by atoms with Crippen molar-refractivity contribution in [3.05, 3.63) is 30.1 Å². The van der Waals surface area contributed by atoms with E-state index in [0.29, 0.717) is 12.0 Å². The summed E-state index contributed by atoms with van der Waals surface area (Å²) in [5, 5.41) is 0. The standard InChI is InChI=1S/C8H10N2/c9-8-4-7(8)6-2-1-3-10-5-6/h1-3,5,7-8H,4,9H2/t7-,8+/m0/s1. The van der Waals surface area contributed by atoms with E-state index in [-0.39, 0.29) is 0 Å². The van der Waals surface area contributed by atoms with Crippen LogP contribution < -0.4 is 5.73 Å². The third kappa shape index (κ3) is 0.907. The van der Waals surface area contributed by atoms with E-state index in [1.165, 1.54) is 5.56 Å². The predicted molar refractivity (Wildman–Crippen MR) is 39.6 cm³/mol. The van der Waals surface area contributed by atoms with Crippen molar-refractivity contribution in [2.24, 2.45) is 5.73 Å². The molecule has 2 heteroatoms. The maximum atomic E-state index is 5.67. The lowest BCUT2D eigenvalue weighted by Crippen LogP contribution is -2.00. The number of nitrogens with zero attached hydrogens (tertiary/aromatic N) is 1. The van der Waals surface area contributed by atoms with Gasteiger partial charge < -0.3 is 5.73 Å². The molecule has 2 N–H and O–H groups in total. The number of hydrogen-bond acceptors (Lipinski definition) is 2. The first-order chi connectivity index (χ1) is 4.88. The van der Waals surface area contributed by atoms with Crippen LogP contribution in [0.15, 0.2) is 24.5 Å². The van der Waals surface area contributed by atoms with Crippen LogP contribution in [0.25, 0.3) is 0 Å². The Hall–Kier alpha value is -0.890. The highest BCUT2D eigenvalue weighted by atomic mass is 14.7. The van der Waals surface area contributed by atoms with Crippen LogP contribution >= 0.6 is 0 Å². The van der Waals surface area contributed by atoms with Gasteiger partial charge in [0.2, 0.25) is 0 Å². The zero-order valence-electron chi connectivity index (χ0n) is 5.70. The normalized spacial score (nSPS) is 30.1. The van der Waals surface area contributed by atoms with Gasteiger partial charge in [-0.3, -0.25) is 4.98 Å². The van der Waals surface area contributed by atoms with Gasteiger partial charge in [-0.25, -0.2) is 0 Å². The van der Waals surface area contributed by atoms with Crippen LogP contribution in [-0.4, -0.2) is 11.0 Å². The van der Waals surface area contributed by atoms with Crippen molar-refractivity contribution in [3.63, 3.8) is 0 Å². The monoisotopic (exact) mass is 134 g/mol. The summed E-state index contributed by atoms with van der Waals surface area (Å²) in [6, 6.07) is 4.44. The Labute approximate surface area is 60.1 Å². The molecule has 0 aromatic carbocycles. The molecule has 0 radical (unpaired) electrons. The summed E-state index contributed by atoms with van der Waals surface area (Å²) in [4.78, 5) is 4.02. The number of rotatable bonds is 1. The Morgan fingerprint density at radius 2 is 2.40 bits per heavy atom. The van der Waals surface area contributed by atoms with E-state index in [1.807, 2.05) is 12.3 Å². The fraction of sp³-hybridized carbons (Fsp3) is 0.375. The average molecular weight is 134 g/mol. The Morgan fingerprint density at radius 1 is 1.60 bits per heavy atom. The minimum Gasteiger partial charge on any atom is -0.327 e. The van der Waals surface area contributed by atoms with Crippen LogP contribution in [0.4, 0.5) is 0 Å². The van der Waals surface area contributed by atoms with Crippen molar-refractivity contribution >= 4 is 0 Å². The van der Waals surface area contributed by atoms with Crippen LogP contribution in [0.5, 0.6) is 0 Å². The lowest BCUT2D eigenvalue weighted by atomic mass is 10.2. The molecular weight excluding hydrogens is 124 g/mol. The average Bonchev–Trinajstić information content (AvgIpc) is 2.69. The molecule has 1 saturated carbocycles. The fourth-order valence-corrected chi connectivity index (χ4v) is 1.19. The molecule has 0 saturated heterocycles. The van der Waals surface area contributed by atoms with Gasteiger partial charge in [0.1, 0.15) is 0 Å². The largest absolute Gasteiger partial charge is 0.327 e. The lowest BCUT2D eigenvalue weighted by Gasteiger charge is -1.93. The van der Waals surface area contributed by atoms with Crippen LogP contribution in [-0.2, 0) is 0 Å². The Morgan fingerprint density at radius 3 is 2.90 bits per heavy atom. The zero-order valence-corrected chi connectivity index (χ0v) is 5.70. The molecule has 1 fully saturated rings. The first-order valence-corrected chi connectivity index (χ1v) is 3.53. The summed E-state index contributed by atoms with van der Waals surface area (Å²) in [6.45, 7) is 0. The highest BCUT2D eigenvalue weighted by Gasteiger charge is 2.34. The molecule has 0 unspecified atom stereocenters. The zero-order chi connectivity index (χ0) is 6.97. The molecule has 0 aliphatic heterocycles. The minimum atomic E-state index is 0.393. The van der Waals surface area contributed by atoms with Gasteiger partial charge in [-0.2, -0.15) is 0 Å². The Kier molecular flexibility index (Phi) is 1.21. The molecule has 2 rings (SSSR count). The third-order valence-electron chi connectivity index (χ3n) is 1.95. The maximum Gasteiger partial charge on any atom is 0.0303 e. The molecule has 2 atom stereocenters. The van der Waals surface area contributed by atoms with Crippen LogP contribution in [0.1, 0.15) is 17.9 Å². The van der Waals surface area contributed by atoms with E-state index in [1.54, 1.807) is 6.20 Å². The summed E-state index contributed by atoms with van der Waals surface area (Å²) in [7, 11) is 0. The molecular formula is C8H10N2. The van der Waals surface area contributed by atoms with E-state index < -0.39 is 0 Å². The molecule has 1 aromatic rings. The number of hydrogen-bond donors (Lipinski definition) is 1. The molecule has 1 heterocycles. The van der Waals surface area contributed by atoms with Gasteiger partial charge in [0.25, 0.3) is 0 Å². The van der Waals surface area contributed by atoms with Crippen molar-refractivity contribution in [2.75, 3.05) is 0 Å². The second kappa shape index (κ2) is 2.06. The molecule has 0 spiro atoms.